The van der Waals surface area contributed by atoms with Crippen molar-refractivity contribution in [3.8, 4) is 0 Å². The van der Waals surface area contributed by atoms with Gasteiger partial charge in [-0.15, -0.1) is 0 Å². The predicted octanol–water partition coefficient (Wildman–Crippen LogP) is 1.12. The van der Waals surface area contributed by atoms with Crippen molar-refractivity contribution in [1.82, 2.24) is 5.32 Å². The fraction of sp³-hybridized carbons (Fsp3) is 0.917. The summed E-state index contributed by atoms with van der Waals surface area (Å²) in [5, 5.41) is 2.56. The molecule has 1 fully saturated rings. The molecule has 1 atom stereocenters. The first-order valence-corrected chi connectivity index (χ1v) is 6.45. The third kappa shape index (κ3) is 4.32. The number of esters is 1. The molecule has 1 unspecified atom stereocenters. The van der Waals surface area contributed by atoms with Gasteiger partial charge in [-0.25, -0.2) is 0 Å². The van der Waals surface area contributed by atoms with Gasteiger partial charge >= 0.3 is 12.1 Å². The fourth-order valence-electron chi connectivity index (χ4n) is 1.96. The maximum Gasteiger partial charge on any atom is 0.406 e. The highest BCUT2D eigenvalue weighted by Gasteiger charge is 2.62. The van der Waals surface area contributed by atoms with Crippen molar-refractivity contribution in [1.29, 1.82) is 0 Å². The number of carbonyl (C=O) groups is 1. The molecule has 0 amide bonds. The lowest BCUT2D eigenvalue weighted by Gasteiger charge is -2.28. The Morgan fingerprint density at radius 3 is 2.55 bits per heavy atom. The van der Waals surface area contributed by atoms with E-state index in [0.29, 0.717) is 19.6 Å². The maximum absolute atomic E-state index is 13.0. The average Bonchev–Trinajstić information content (AvgIpc) is 2.87. The Labute approximate surface area is 115 Å². The van der Waals surface area contributed by atoms with E-state index in [1.165, 1.54) is 0 Å². The molecule has 5 nitrogen and oxygen atoms in total. The molecule has 0 aromatic rings. The zero-order valence-corrected chi connectivity index (χ0v) is 11.4. The number of halogens is 3. The van der Waals surface area contributed by atoms with E-state index in [9.17, 15) is 18.0 Å². The summed E-state index contributed by atoms with van der Waals surface area (Å²) in [5.41, 5.74) is -2.41. The van der Waals surface area contributed by atoms with Gasteiger partial charge in [0.1, 0.15) is 6.61 Å². The third-order valence-corrected chi connectivity index (χ3v) is 3.19. The minimum absolute atomic E-state index is 0.0802. The number of carbonyl (C=O) groups excluding carboxylic acids is 1. The molecule has 0 aromatic carbocycles. The summed E-state index contributed by atoms with van der Waals surface area (Å²) in [4.78, 5) is 11.7. The smallest absolute Gasteiger partial charge is 0.406 e. The number of rotatable bonds is 8. The molecule has 1 rings (SSSR count). The molecule has 20 heavy (non-hydrogen) atoms. The van der Waals surface area contributed by atoms with E-state index in [2.05, 4.69) is 5.32 Å². The highest BCUT2D eigenvalue weighted by molar-refractivity contribution is 5.78. The van der Waals surface area contributed by atoms with Gasteiger partial charge < -0.3 is 19.5 Å². The molecule has 0 aromatic heterocycles. The topological polar surface area (TPSA) is 56.8 Å². The van der Waals surface area contributed by atoms with Gasteiger partial charge in [0.25, 0.3) is 0 Å². The highest BCUT2D eigenvalue weighted by atomic mass is 19.4. The van der Waals surface area contributed by atoms with Crippen molar-refractivity contribution in [2.75, 3.05) is 46.6 Å². The summed E-state index contributed by atoms with van der Waals surface area (Å²) in [6.07, 6.45) is -4.21. The van der Waals surface area contributed by atoms with Crippen molar-refractivity contribution in [2.45, 2.75) is 19.0 Å². The van der Waals surface area contributed by atoms with Gasteiger partial charge in [0.05, 0.1) is 6.61 Å². The minimum atomic E-state index is -4.60. The summed E-state index contributed by atoms with van der Waals surface area (Å²) in [5.74, 6) is -1.23. The second-order valence-electron chi connectivity index (χ2n) is 4.60. The van der Waals surface area contributed by atoms with E-state index in [4.69, 9.17) is 14.2 Å². The first kappa shape index (κ1) is 17.2. The summed E-state index contributed by atoms with van der Waals surface area (Å²) >= 11 is 0. The van der Waals surface area contributed by atoms with Crippen LogP contribution in [0.5, 0.6) is 0 Å². The van der Waals surface area contributed by atoms with Gasteiger partial charge in [-0.1, -0.05) is 0 Å². The second-order valence-corrected chi connectivity index (χ2v) is 4.60. The van der Waals surface area contributed by atoms with E-state index in [1.54, 1.807) is 7.11 Å². The maximum atomic E-state index is 13.0. The first-order valence-electron chi connectivity index (χ1n) is 6.45. The number of nitrogens with one attached hydrogen (secondary N) is 1. The molecular weight excluding hydrogens is 279 g/mol. The van der Waals surface area contributed by atoms with Crippen LogP contribution in [0.25, 0.3) is 0 Å². The monoisotopic (exact) mass is 299 g/mol. The Kier molecular flexibility index (Phi) is 6.70. The van der Waals surface area contributed by atoms with E-state index in [0.717, 1.165) is 0 Å². The zero-order valence-electron chi connectivity index (χ0n) is 11.4. The van der Waals surface area contributed by atoms with Gasteiger partial charge in [0, 0.05) is 26.9 Å². The number of hydrogen-bond acceptors (Lipinski definition) is 5. The van der Waals surface area contributed by atoms with Crippen LogP contribution < -0.4 is 5.32 Å². The summed E-state index contributed by atoms with van der Waals surface area (Å²) in [7, 11) is 1.56. The second kappa shape index (κ2) is 7.80. The Morgan fingerprint density at radius 1 is 1.25 bits per heavy atom. The fourth-order valence-corrected chi connectivity index (χ4v) is 1.96. The molecule has 1 aliphatic rings. The third-order valence-electron chi connectivity index (χ3n) is 3.19. The van der Waals surface area contributed by atoms with E-state index in [1.807, 2.05) is 0 Å². The Balaban J connectivity index is 2.30. The predicted molar refractivity (Wildman–Crippen MR) is 64.2 cm³/mol. The van der Waals surface area contributed by atoms with Crippen LogP contribution in [0.2, 0.25) is 0 Å². The number of alkyl halides is 3. The summed E-state index contributed by atoms with van der Waals surface area (Å²) < 4.78 is 53.6. The lowest BCUT2D eigenvalue weighted by molar-refractivity contribution is -0.229. The van der Waals surface area contributed by atoms with Gasteiger partial charge in [-0.2, -0.15) is 13.2 Å². The summed E-state index contributed by atoms with van der Waals surface area (Å²) in [6, 6.07) is 0. The lowest BCUT2D eigenvalue weighted by Crippen LogP contribution is -2.48. The molecule has 1 aliphatic heterocycles. The van der Waals surface area contributed by atoms with Crippen LogP contribution in [0.15, 0.2) is 0 Å². The number of methoxy groups -OCH3 is 1. The molecule has 1 N–H and O–H groups in total. The molecule has 0 radical (unpaired) electrons. The SMILES string of the molecule is COCCCOCCOC(=O)C1(C(F)(F)F)CCNC1. The van der Waals surface area contributed by atoms with Crippen LogP contribution in [0, 0.1) is 5.41 Å². The van der Waals surface area contributed by atoms with Crippen LogP contribution in [-0.4, -0.2) is 58.8 Å². The largest absolute Gasteiger partial charge is 0.463 e. The quantitative estimate of drug-likeness (QED) is 0.538. The molecule has 0 spiro atoms. The Bertz CT molecular complexity index is 304. The van der Waals surface area contributed by atoms with Crippen molar-refractivity contribution < 1.29 is 32.2 Å². The van der Waals surface area contributed by atoms with Gasteiger partial charge in [-0.3, -0.25) is 4.79 Å². The molecule has 118 valence electrons. The van der Waals surface area contributed by atoms with Crippen LogP contribution in [0.1, 0.15) is 12.8 Å². The molecule has 1 saturated heterocycles. The zero-order chi connectivity index (χ0) is 15.1. The molecule has 0 bridgehead atoms. The molecule has 8 heteroatoms. The van der Waals surface area contributed by atoms with Crippen LogP contribution in [0.3, 0.4) is 0 Å². The van der Waals surface area contributed by atoms with Crippen LogP contribution in [-0.2, 0) is 19.0 Å². The molecular formula is C12H20F3NO4. The number of ether oxygens (including phenoxy) is 3. The summed E-state index contributed by atoms with van der Waals surface area (Å²) in [6.45, 7) is 0.590. The van der Waals surface area contributed by atoms with E-state index >= 15 is 0 Å². The molecule has 1 heterocycles. The first-order chi connectivity index (χ1) is 9.44. The standard InChI is InChI=1S/C12H20F3NO4/c1-18-5-2-6-19-7-8-20-10(17)11(12(13,14)15)3-4-16-9-11/h16H,2-9H2,1H3. The van der Waals surface area contributed by atoms with E-state index < -0.39 is 24.1 Å². The van der Waals surface area contributed by atoms with Gasteiger partial charge in [-0.05, 0) is 19.4 Å². The normalized spacial score (nSPS) is 23.0. The Hall–Kier alpha value is -0.860. The number of hydrogen-bond donors (Lipinski definition) is 1. The van der Waals surface area contributed by atoms with Gasteiger partial charge in [0.2, 0.25) is 0 Å². The van der Waals surface area contributed by atoms with Crippen LogP contribution >= 0.6 is 0 Å². The molecule has 0 aliphatic carbocycles. The Morgan fingerprint density at radius 2 is 2.00 bits per heavy atom. The van der Waals surface area contributed by atoms with Crippen molar-refractivity contribution in [3.05, 3.63) is 0 Å². The van der Waals surface area contributed by atoms with Gasteiger partial charge in [0.15, 0.2) is 5.41 Å². The van der Waals surface area contributed by atoms with E-state index in [-0.39, 0.29) is 26.2 Å². The van der Waals surface area contributed by atoms with Crippen LogP contribution in [0.4, 0.5) is 13.2 Å². The minimum Gasteiger partial charge on any atom is -0.463 e. The van der Waals surface area contributed by atoms with Crippen molar-refractivity contribution >= 4 is 5.97 Å². The van der Waals surface area contributed by atoms with Crippen molar-refractivity contribution in [3.63, 3.8) is 0 Å². The average molecular weight is 299 g/mol. The lowest BCUT2D eigenvalue weighted by atomic mass is 9.86. The molecule has 0 saturated carbocycles. The van der Waals surface area contributed by atoms with Crippen molar-refractivity contribution in [2.24, 2.45) is 5.41 Å². The highest BCUT2D eigenvalue weighted by Crippen LogP contribution is 2.43.